The molecule has 0 saturated heterocycles. The number of alkyl carbamates (subject to hydrolysis) is 1. The van der Waals surface area contributed by atoms with Gasteiger partial charge in [0.15, 0.2) is 0 Å². The maximum atomic E-state index is 14.6. The molecule has 0 aromatic heterocycles. The van der Waals surface area contributed by atoms with Gasteiger partial charge in [-0.05, 0) is 42.3 Å². The third kappa shape index (κ3) is 8.45. The molecule has 9 nitrogen and oxygen atoms in total. The molecular formula is C27H29ClN3O6P. The summed E-state index contributed by atoms with van der Waals surface area (Å²) >= 11 is 6.04. The van der Waals surface area contributed by atoms with E-state index in [9.17, 15) is 18.9 Å². The standard InChI is InChI=1S/C27H29ClN3O6P/c1-2-36-25(33)18-30-38(35,23-15-13-22(28)14-16-23)26(21-11-7-4-8-12-21)31-24(32)17-29-27(34)37-19-20-9-5-3-6-10-20/h3-16,26H,2,17-19H2,1H3,(H,29,34)(H,30,35)(H,31,32). The monoisotopic (exact) mass is 557 g/mol. The highest BCUT2D eigenvalue weighted by atomic mass is 35.5. The lowest BCUT2D eigenvalue weighted by molar-refractivity contribution is -0.141. The highest BCUT2D eigenvalue weighted by molar-refractivity contribution is 7.70. The molecule has 2 atom stereocenters. The van der Waals surface area contributed by atoms with Crippen LogP contribution >= 0.6 is 18.9 Å². The summed E-state index contributed by atoms with van der Waals surface area (Å²) < 4.78 is 24.7. The van der Waals surface area contributed by atoms with Crippen LogP contribution in [0.5, 0.6) is 0 Å². The predicted molar refractivity (Wildman–Crippen MR) is 145 cm³/mol. The van der Waals surface area contributed by atoms with E-state index in [4.69, 9.17) is 21.1 Å². The van der Waals surface area contributed by atoms with Crippen molar-refractivity contribution in [1.29, 1.82) is 0 Å². The van der Waals surface area contributed by atoms with E-state index in [1.54, 1.807) is 61.5 Å². The molecule has 3 rings (SSSR count). The zero-order valence-electron chi connectivity index (χ0n) is 20.8. The van der Waals surface area contributed by atoms with Gasteiger partial charge in [0.25, 0.3) is 0 Å². The first-order chi connectivity index (χ1) is 18.3. The summed E-state index contributed by atoms with van der Waals surface area (Å²) in [6.07, 6.45) is -0.776. The molecule has 0 aliphatic carbocycles. The largest absolute Gasteiger partial charge is 0.465 e. The molecule has 11 heteroatoms. The third-order valence-electron chi connectivity index (χ3n) is 5.36. The number of carbonyl (C=O) groups is 3. The van der Waals surface area contributed by atoms with Crippen LogP contribution in [0.3, 0.4) is 0 Å². The van der Waals surface area contributed by atoms with Crippen LogP contribution in [0.15, 0.2) is 84.9 Å². The van der Waals surface area contributed by atoms with Crippen LogP contribution in [0.25, 0.3) is 0 Å². The smallest absolute Gasteiger partial charge is 0.407 e. The van der Waals surface area contributed by atoms with Gasteiger partial charge in [-0.1, -0.05) is 72.3 Å². The van der Waals surface area contributed by atoms with Gasteiger partial charge in [0.2, 0.25) is 13.2 Å². The molecule has 0 aliphatic rings. The van der Waals surface area contributed by atoms with Gasteiger partial charge in [0, 0.05) is 10.3 Å². The number of nitrogens with one attached hydrogen (secondary N) is 3. The SMILES string of the molecule is CCOC(=O)CNP(=O)(c1ccc(Cl)cc1)C(NC(=O)CNC(=O)OCc1ccccc1)c1ccccc1. The first-order valence-corrected chi connectivity index (χ1v) is 14.0. The molecule has 0 saturated carbocycles. The molecule has 2 amide bonds. The van der Waals surface area contributed by atoms with Gasteiger partial charge >= 0.3 is 12.1 Å². The number of hydrogen-bond acceptors (Lipinski definition) is 6. The van der Waals surface area contributed by atoms with E-state index >= 15 is 0 Å². The van der Waals surface area contributed by atoms with Crippen molar-refractivity contribution in [3.8, 4) is 0 Å². The van der Waals surface area contributed by atoms with E-state index in [-0.39, 0.29) is 19.8 Å². The van der Waals surface area contributed by atoms with Crippen molar-refractivity contribution in [3.05, 3.63) is 101 Å². The lowest BCUT2D eigenvalue weighted by Crippen LogP contribution is -2.42. The highest BCUT2D eigenvalue weighted by Crippen LogP contribution is 2.53. The normalized spacial score (nSPS) is 13.0. The van der Waals surface area contributed by atoms with E-state index in [0.717, 1.165) is 5.56 Å². The lowest BCUT2D eigenvalue weighted by atomic mass is 10.2. The van der Waals surface area contributed by atoms with Crippen molar-refractivity contribution in [3.63, 3.8) is 0 Å². The molecule has 38 heavy (non-hydrogen) atoms. The average molecular weight is 558 g/mol. The van der Waals surface area contributed by atoms with Crippen LogP contribution in [0.1, 0.15) is 23.8 Å². The molecule has 3 N–H and O–H groups in total. The number of hydrogen-bond donors (Lipinski definition) is 3. The molecule has 2 unspecified atom stereocenters. The molecule has 0 aliphatic heterocycles. The minimum absolute atomic E-state index is 0.0461. The quantitative estimate of drug-likeness (QED) is 0.226. The lowest BCUT2D eigenvalue weighted by Gasteiger charge is -2.30. The summed E-state index contributed by atoms with van der Waals surface area (Å²) in [6.45, 7) is 1.11. The van der Waals surface area contributed by atoms with Gasteiger partial charge < -0.3 is 20.1 Å². The summed E-state index contributed by atoms with van der Waals surface area (Å²) in [7, 11) is -3.74. The summed E-state index contributed by atoms with van der Waals surface area (Å²) in [4.78, 5) is 37.2. The first-order valence-electron chi connectivity index (χ1n) is 11.9. The highest BCUT2D eigenvalue weighted by Gasteiger charge is 2.38. The molecular weight excluding hydrogens is 529 g/mol. The second-order valence-corrected chi connectivity index (χ2v) is 11.2. The van der Waals surface area contributed by atoms with E-state index in [0.29, 0.717) is 15.9 Å². The van der Waals surface area contributed by atoms with E-state index in [1.165, 1.54) is 0 Å². The molecule has 3 aromatic carbocycles. The number of halogens is 1. The summed E-state index contributed by atoms with van der Waals surface area (Å²) in [5.41, 5.74) is 1.33. The molecule has 0 bridgehead atoms. The Kier molecular flexibility index (Phi) is 10.9. The topological polar surface area (TPSA) is 123 Å². The van der Waals surface area contributed by atoms with Crippen molar-refractivity contribution in [2.24, 2.45) is 0 Å². The van der Waals surface area contributed by atoms with Crippen LogP contribution in [-0.4, -0.2) is 37.7 Å². The maximum absolute atomic E-state index is 14.6. The number of carbonyl (C=O) groups excluding carboxylic acids is 3. The number of rotatable bonds is 12. The summed E-state index contributed by atoms with van der Waals surface area (Å²) in [5, 5.41) is 8.76. The summed E-state index contributed by atoms with van der Waals surface area (Å²) in [6, 6.07) is 24.1. The fourth-order valence-electron chi connectivity index (χ4n) is 3.54. The molecule has 0 radical (unpaired) electrons. The third-order valence-corrected chi connectivity index (χ3v) is 8.46. The average Bonchev–Trinajstić information content (AvgIpc) is 2.94. The minimum Gasteiger partial charge on any atom is -0.465 e. The number of esters is 1. The van der Waals surface area contributed by atoms with Crippen LogP contribution in [-0.2, 0) is 30.2 Å². The Labute approximate surface area is 226 Å². The van der Waals surface area contributed by atoms with Gasteiger partial charge in [0.1, 0.15) is 25.5 Å². The maximum Gasteiger partial charge on any atom is 0.407 e. The Morgan fingerprint density at radius 3 is 2.13 bits per heavy atom. The van der Waals surface area contributed by atoms with Crippen LogP contribution < -0.4 is 21.0 Å². The summed E-state index contributed by atoms with van der Waals surface area (Å²) in [5.74, 6) is -2.28. The first kappa shape index (κ1) is 28.9. The van der Waals surface area contributed by atoms with Crippen molar-refractivity contribution < 1.29 is 28.4 Å². The Morgan fingerprint density at radius 2 is 1.50 bits per heavy atom. The van der Waals surface area contributed by atoms with Gasteiger partial charge in [-0.3, -0.25) is 19.2 Å². The van der Waals surface area contributed by atoms with Crippen LogP contribution in [0, 0.1) is 0 Å². The fourth-order valence-corrected chi connectivity index (χ4v) is 6.20. The minimum atomic E-state index is -3.74. The fraction of sp³-hybridized carbons (Fsp3) is 0.222. The zero-order chi connectivity index (χ0) is 27.4. The van der Waals surface area contributed by atoms with Crippen molar-refractivity contribution in [2.45, 2.75) is 19.3 Å². The number of ether oxygens (including phenoxy) is 2. The molecule has 0 spiro atoms. The Balaban J connectivity index is 1.79. The zero-order valence-corrected chi connectivity index (χ0v) is 22.4. The molecule has 0 heterocycles. The van der Waals surface area contributed by atoms with E-state index in [1.807, 2.05) is 30.3 Å². The van der Waals surface area contributed by atoms with Gasteiger partial charge in [0.05, 0.1) is 6.61 Å². The van der Waals surface area contributed by atoms with Gasteiger partial charge in [-0.2, -0.15) is 0 Å². The van der Waals surface area contributed by atoms with E-state index < -0.39 is 37.6 Å². The van der Waals surface area contributed by atoms with Crippen LogP contribution in [0.4, 0.5) is 4.79 Å². The second-order valence-electron chi connectivity index (χ2n) is 8.07. The Hall–Kier alpha value is -3.65. The van der Waals surface area contributed by atoms with Gasteiger partial charge in [-0.15, -0.1) is 0 Å². The Bertz CT molecular complexity index is 1260. The van der Waals surface area contributed by atoms with Gasteiger partial charge in [-0.25, -0.2) is 4.79 Å². The second kappa shape index (κ2) is 14.3. The number of amides is 2. The van der Waals surface area contributed by atoms with Crippen molar-refractivity contribution >= 4 is 42.2 Å². The molecule has 200 valence electrons. The van der Waals surface area contributed by atoms with Crippen molar-refractivity contribution in [1.82, 2.24) is 15.7 Å². The van der Waals surface area contributed by atoms with Crippen LogP contribution in [0.2, 0.25) is 5.02 Å². The predicted octanol–water partition coefficient (Wildman–Crippen LogP) is 4.14. The molecule has 3 aromatic rings. The number of benzene rings is 3. The Morgan fingerprint density at radius 1 is 0.868 bits per heavy atom. The van der Waals surface area contributed by atoms with E-state index in [2.05, 4.69) is 15.7 Å². The molecule has 0 fully saturated rings. The van der Waals surface area contributed by atoms with Crippen molar-refractivity contribution in [2.75, 3.05) is 19.7 Å².